The maximum absolute atomic E-state index is 12.7. The lowest BCUT2D eigenvalue weighted by Crippen LogP contribution is -2.30. The van der Waals surface area contributed by atoms with Gasteiger partial charge in [-0.2, -0.15) is 4.31 Å². The lowest BCUT2D eigenvalue weighted by atomic mass is 10.2. The van der Waals surface area contributed by atoms with Crippen LogP contribution in [0.15, 0.2) is 47.4 Å². The standard InChI is InChI=1S/C20H27N3O3S/c1-5-23(6-2)27(25,26)18-11-10-16(4)19(13-18)22-20(24)14-21-17-9-7-8-15(3)12-17/h7-13,21H,5-6,14H2,1-4H3,(H,22,24). The normalized spacial score (nSPS) is 11.4. The van der Waals surface area contributed by atoms with E-state index in [2.05, 4.69) is 10.6 Å². The average molecular weight is 390 g/mol. The van der Waals surface area contributed by atoms with E-state index in [1.54, 1.807) is 26.0 Å². The van der Waals surface area contributed by atoms with E-state index in [1.807, 2.05) is 38.1 Å². The molecular formula is C20H27N3O3S. The Morgan fingerprint density at radius 2 is 1.74 bits per heavy atom. The Morgan fingerprint density at radius 1 is 1.04 bits per heavy atom. The molecule has 6 nitrogen and oxygen atoms in total. The summed E-state index contributed by atoms with van der Waals surface area (Å²) in [7, 11) is -3.57. The van der Waals surface area contributed by atoms with Crippen LogP contribution in [0.25, 0.3) is 0 Å². The summed E-state index contributed by atoms with van der Waals surface area (Å²) < 4.78 is 26.8. The number of carbonyl (C=O) groups is 1. The van der Waals surface area contributed by atoms with Crippen LogP contribution in [0.4, 0.5) is 11.4 Å². The minimum atomic E-state index is -3.57. The molecule has 0 radical (unpaired) electrons. The zero-order valence-corrected chi connectivity index (χ0v) is 17.1. The van der Waals surface area contributed by atoms with Crippen LogP contribution in [-0.4, -0.2) is 38.3 Å². The van der Waals surface area contributed by atoms with Gasteiger partial charge in [-0.1, -0.05) is 32.0 Å². The van der Waals surface area contributed by atoms with Crippen molar-refractivity contribution in [3.8, 4) is 0 Å². The van der Waals surface area contributed by atoms with Crippen LogP contribution in [-0.2, 0) is 14.8 Å². The molecule has 0 bridgehead atoms. The van der Waals surface area contributed by atoms with E-state index in [0.717, 1.165) is 16.8 Å². The zero-order chi connectivity index (χ0) is 20.0. The van der Waals surface area contributed by atoms with Crippen molar-refractivity contribution in [2.75, 3.05) is 30.3 Å². The molecule has 2 N–H and O–H groups in total. The Hall–Kier alpha value is -2.38. The number of carbonyl (C=O) groups excluding carboxylic acids is 1. The lowest BCUT2D eigenvalue weighted by Gasteiger charge is -2.19. The Labute approximate surface area is 161 Å². The highest BCUT2D eigenvalue weighted by Crippen LogP contribution is 2.23. The lowest BCUT2D eigenvalue weighted by molar-refractivity contribution is -0.114. The summed E-state index contributed by atoms with van der Waals surface area (Å²) in [6.07, 6.45) is 0. The average Bonchev–Trinajstić information content (AvgIpc) is 2.62. The van der Waals surface area contributed by atoms with Crippen LogP contribution in [0.5, 0.6) is 0 Å². The Kier molecular flexibility index (Phi) is 6.98. The minimum absolute atomic E-state index is 0.0932. The van der Waals surface area contributed by atoms with E-state index in [-0.39, 0.29) is 17.3 Å². The van der Waals surface area contributed by atoms with Gasteiger partial charge in [0.05, 0.1) is 11.4 Å². The Bertz CT molecular complexity index is 906. The number of hydrogen-bond donors (Lipinski definition) is 2. The van der Waals surface area contributed by atoms with E-state index in [0.29, 0.717) is 18.8 Å². The first kappa shape index (κ1) is 20.9. The summed E-state index contributed by atoms with van der Waals surface area (Å²) >= 11 is 0. The molecule has 0 aliphatic heterocycles. The van der Waals surface area contributed by atoms with Crippen molar-refractivity contribution in [3.05, 3.63) is 53.6 Å². The number of amides is 1. The molecule has 0 spiro atoms. The van der Waals surface area contributed by atoms with Crippen molar-refractivity contribution in [1.82, 2.24) is 4.31 Å². The molecule has 0 heterocycles. The summed E-state index contributed by atoms with van der Waals surface area (Å²) in [5.74, 6) is -0.239. The van der Waals surface area contributed by atoms with Gasteiger partial charge in [-0.3, -0.25) is 4.79 Å². The van der Waals surface area contributed by atoms with Gasteiger partial charge in [0.15, 0.2) is 0 Å². The largest absolute Gasteiger partial charge is 0.376 e. The van der Waals surface area contributed by atoms with Crippen LogP contribution in [0, 0.1) is 13.8 Å². The number of anilines is 2. The molecule has 2 rings (SSSR count). The van der Waals surface area contributed by atoms with Gasteiger partial charge in [-0.15, -0.1) is 0 Å². The summed E-state index contributed by atoms with van der Waals surface area (Å²) in [5.41, 5.74) is 3.27. The smallest absolute Gasteiger partial charge is 0.243 e. The van der Waals surface area contributed by atoms with Crippen molar-refractivity contribution in [1.29, 1.82) is 0 Å². The molecular weight excluding hydrogens is 362 g/mol. The third kappa shape index (κ3) is 5.30. The zero-order valence-electron chi connectivity index (χ0n) is 16.2. The van der Waals surface area contributed by atoms with Gasteiger partial charge in [0.25, 0.3) is 0 Å². The highest BCUT2D eigenvalue weighted by Gasteiger charge is 2.22. The predicted octanol–water partition coefficient (Wildman–Crippen LogP) is 3.38. The van der Waals surface area contributed by atoms with Crippen LogP contribution >= 0.6 is 0 Å². The highest BCUT2D eigenvalue weighted by molar-refractivity contribution is 7.89. The number of nitrogens with one attached hydrogen (secondary N) is 2. The molecule has 2 aromatic rings. The van der Waals surface area contributed by atoms with E-state index >= 15 is 0 Å². The van der Waals surface area contributed by atoms with Crippen LogP contribution in [0.1, 0.15) is 25.0 Å². The third-order valence-corrected chi connectivity index (χ3v) is 6.34. The van der Waals surface area contributed by atoms with E-state index in [1.165, 1.54) is 10.4 Å². The van der Waals surface area contributed by atoms with Crippen LogP contribution < -0.4 is 10.6 Å². The summed E-state index contributed by atoms with van der Waals surface area (Å²) in [6.45, 7) is 8.30. The molecule has 0 aliphatic carbocycles. The van der Waals surface area contributed by atoms with Crippen molar-refractivity contribution in [2.45, 2.75) is 32.6 Å². The van der Waals surface area contributed by atoms with Crippen molar-refractivity contribution < 1.29 is 13.2 Å². The number of benzene rings is 2. The molecule has 0 aliphatic rings. The minimum Gasteiger partial charge on any atom is -0.376 e. The fraction of sp³-hybridized carbons (Fsp3) is 0.350. The third-order valence-electron chi connectivity index (χ3n) is 4.30. The van der Waals surface area contributed by atoms with Crippen LogP contribution in [0.2, 0.25) is 0 Å². The number of hydrogen-bond acceptors (Lipinski definition) is 4. The van der Waals surface area contributed by atoms with Gasteiger partial charge in [0, 0.05) is 24.5 Å². The van der Waals surface area contributed by atoms with Gasteiger partial charge in [-0.05, 0) is 49.2 Å². The molecule has 0 saturated heterocycles. The van der Waals surface area contributed by atoms with Gasteiger partial charge in [0.2, 0.25) is 15.9 Å². The maximum Gasteiger partial charge on any atom is 0.243 e. The Morgan fingerprint density at radius 3 is 2.37 bits per heavy atom. The molecule has 7 heteroatoms. The molecule has 0 saturated carbocycles. The number of rotatable bonds is 8. The molecule has 0 atom stereocenters. The van der Waals surface area contributed by atoms with Crippen molar-refractivity contribution in [2.24, 2.45) is 0 Å². The van der Waals surface area contributed by atoms with Gasteiger partial charge in [0.1, 0.15) is 0 Å². The maximum atomic E-state index is 12.7. The fourth-order valence-corrected chi connectivity index (χ4v) is 4.23. The first-order valence-electron chi connectivity index (χ1n) is 8.99. The SMILES string of the molecule is CCN(CC)S(=O)(=O)c1ccc(C)c(NC(=O)CNc2cccc(C)c2)c1. The molecule has 146 valence electrons. The van der Waals surface area contributed by atoms with E-state index in [4.69, 9.17) is 0 Å². The second kappa shape index (κ2) is 9.01. The van der Waals surface area contributed by atoms with Gasteiger partial charge in [-0.25, -0.2) is 8.42 Å². The first-order valence-corrected chi connectivity index (χ1v) is 10.4. The summed E-state index contributed by atoms with van der Waals surface area (Å²) in [5, 5.41) is 5.87. The summed E-state index contributed by atoms with van der Waals surface area (Å²) in [6, 6.07) is 12.5. The van der Waals surface area contributed by atoms with Crippen LogP contribution in [0.3, 0.4) is 0 Å². The first-order chi connectivity index (χ1) is 12.8. The molecule has 27 heavy (non-hydrogen) atoms. The topological polar surface area (TPSA) is 78.5 Å². The van der Waals surface area contributed by atoms with Crippen molar-refractivity contribution in [3.63, 3.8) is 0 Å². The molecule has 1 amide bonds. The van der Waals surface area contributed by atoms with Gasteiger partial charge < -0.3 is 10.6 Å². The van der Waals surface area contributed by atoms with Crippen molar-refractivity contribution >= 4 is 27.3 Å². The molecule has 0 aromatic heterocycles. The molecule has 0 fully saturated rings. The number of nitrogens with zero attached hydrogens (tertiary/aromatic N) is 1. The molecule has 0 unspecified atom stereocenters. The second-order valence-electron chi connectivity index (χ2n) is 6.34. The highest BCUT2D eigenvalue weighted by atomic mass is 32.2. The fourth-order valence-electron chi connectivity index (χ4n) is 2.74. The molecule has 2 aromatic carbocycles. The quantitative estimate of drug-likeness (QED) is 0.725. The number of aryl methyl sites for hydroxylation is 2. The predicted molar refractivity (Wildman–Crippen MR) is 110 cm³/mol. The summed E-state index contributed by atoms with van der Waals surface area (Å²) in [4.78, 5) is 12.5. The second-order valence-corrected chi connectivity index (χ2v) is 8.28. The van der Waals surface area contributed by atoms with E-state index in [9.17, 15) is 13.2 Å². The number of sulfonamides is 1. The Balaban J connectivity index is 2.13. The monoisotopic (exact) mass is 389 g/mol. The van der Waals surface area contributed by atoms with E-state index < -0.39 is 10.0 Å². The van der Waals surface area contributed by atoms with Gasteiger partial charge >= 0.3 is 0 Å².